The molecule has 0 spiro atoms. The van der Waals surface area contributed by atoms with Crippen LogP contribution in [0.15, 0.2) is 12.4 Å². The fourth-order valence-electron chi connectivity index (χ4n) is 3.07. The summed E-state index contributed by atoms with van der Waals surface area (Å²) in [5.74, 6) is -0.0826. The maximum atomic E-state index is 11.8. The highest BCUT2D eigenvalue weighted by Gasteiger charge is 2.41. The van der Waals surface area contributed by atoms with Gasteiger partial charge in [-0.25, -0.2) is 9.97 Å². The van der Waals surface area contributed by atoms with Crippen LogP contribution in [0.4, 0.5) is 0 Å². The zero-order chi connectivity index (χ0) is 16.7. The summed E-state index contributed by atoms with van der Waals surface area (Å²) in [6.07, 6.45) is 5.68. The zero-order valence-corrected chi connectivity index (χ0v) is 13.8. The van der Waals surface area contributed by atoms with Crippen molar-refractivity contribution in [3.8, 4) is 0 Å². The minimum atomic E-state index is -0.731. The Labute approximate surface area is 136 Å². The molecule has 1 aliphatic heterocycles. The Morgan fingerprint density at radius 3 is 2.70 bits per heavy atom. The van der Waals surface area contributed by atoms with Crippen molar-refractivity contribution < 1.29 is 19.4 Å². The normalized spacial score (nSPS) is 22.2. The molecule has 2 rings (SSSR count). The number of carbonyl (C=O) groups is 1. The fourth-order valence-corrected chi connectivity index (χ4v) is 3.07. The Bertz CT molecular complexity index is 509. The van der Waals surface area contributed by atoms with Crippen molar-refractivity contribution in [3.05, 3.63) is 23.8 Å². The summed E-state index contributed by atoms with van der Waals surface area (Å²) in [6.45, 7) is 2.95. The molecule has 0 aliphatic carbocycles. The number of aromatic nitrogens is 2. The molecule has 1 fully saturated rings. The summed E-state index contributed by atoms with van der Waals surface area (Å²) in [7, 11) is 3.21. The monoisotopic (exact) mass is 323 g/mol. The lowest BCUT2D eigenvalue weighted by Gasteiger charge is -2.39. The number of piperidine rings is 1. The molecule has 1 atom stereocenters. The number of hydrogen-bond donors (Lipinski definition) is 1. The smallest absolute Gasteiger partial charge is 0.311 e. The van der Waals surface area contributed by atoms with Crippen molar-refractivity contribution in [2.75, 3.05) is 33.9 Å². The highest BCUT2D eigenvalue weighted by Crippen LogP contribution is 2.34. The molecule has 1 unspecified atom stereocenters. The number of carboxylic acid groups (broad SMARTS) is 1. The second-order valence-corrected chi connectivity index (χ2v) is 6.08. The number of hydrogen-bond acceptors (Lipinski definition) is 6. The quantitative estimate of drug-likeness (QED) is 0.772. The summed E-state index contributed by atoms with van der Waals surface area (Å²) in [4.78, 5) is 22.5. The molecule has 0 aromatic carbocycles. The van der Waals surface area contributed by atoms with Gasteiger partial charge in [-0.3, -0.25) is 9.69 Å². The van der Waals surface area contributed by atoms with Crippen LogP contribution in [0.5, 0.6) is 0 Å². The molecule has 1 saturated heterocycles. The van der Waals surface area contributed by atoms with Gasteiger partial charge in [-0.05, 0) is 25.8 Å². The van der Waals surface area contributed by atoms with Gasteiger partial charge in [0, 0.05) is 51.9 Å². The predicted octanol–water partition coefficient (Wildman–Crippen LogP) is 1.33. The van der Waals surface area contributed by atoms with E-state index >= 15 is 0 Å². The van der Waals surface area contributed by atoms with Crippen molar-refractivity contribution in [3.63, 3.8) is 0 Å². The van der Waals surface area contributed by atoms with Gasteiger partial charge in [0.2, 0.25) is 0 Å². The molecule has 1 aromatic rings. The number of aliphatic carboxylic acids is 1. The van der Waals surface area contributed by atoms with Gasteiger partial charge in [-0.1, -0.05) is 0 Å². The minimum absolute atomic E-state index is 0.392. The summed E-state index contributed by atoms with van der Waals surface area (Å²) in [5, 5.41) is 9.67. The number of methoxy groups -OCH3 is 2. The molecule has 1 N–H and O–H groups in total. The minimum Gasteiger partial charge on any atom is -0.481 e. The molecule has 0 bridgehead atoms. The van der Waals surface area contributed by atoms with Crippen molar-refractivity contribution in [2.24, 2.45) is 5.41 Å². The molecule has 0 amide bonds. The van der Waals surface area contributed by atoms with Gasteiger partial charge in [0.15, 0.2) is 5.82 Å². The fraction of sp³-hybridized carbons (Fsp3) is 0.688. The maximum Gasteiger partial charge on any atom is 0.311 e. The van der Waals surface area contributed by atoms with Crippen molar-refractivity contribution in [1.82, 2.24) is 14.9 Å². The molecule has 1 aliphatic rings. The van der Waals surface area contributed by atoms with Crippen LogP contribution in [0.1, 0.15) is 30.7 Å². The maximum absolute atomic E-state index is 11.8. The van der Waals surface area contributed by atoms with Crippen LogP contribution in [-0.2, 0) is 27.4 Å². The van der Waals surface area contributed by atoms with Crippen LogP contribution in [0.25, 0.3) is 0 Å². The third-order valence-electron chi connectivity index (χ3n) is 4.33. The first-order valence-corrected chi connectivity index (χ1v) is 7.83. The number of carboxylic acids is 1. The Morgan fingerprint density at radius 2 is 2.09 bits per heavy atom. The lowest BCUT2D eigenvalue weighted by atomic mass is 9.77. The topological polar surface area (TPSA) is 84.8 Å². The van der Waals surface area contributed by atoms with Gasteiger partial charge >= 0.3 is 5.97 Å². The van der Waals surface area contributed by atoms with Crippen LogP contribution >= 0.6 is 0 Å². The van der Waals surface area contributed by atoms with E-state index in [2.05, 4.69) is 14.9 Å². The largest absolute Gasteiger partial charge is 0.481 e. The zero-order valence-electron chi connectivity index (χ0n) is 13.8. The first kappa shape index (κ1) is 17.8. The van der Waals surface area contributed by atoms with E-state index in [1.54, 1.807) is 26.6 Å². The van der Waals surface area contributed by atoms with E-state index in [0.717, 1.165) is 18.5 Å². The van der Waals surface area contributed by atoms with Gasteiger partial charge in [0.25, 0.3) is 0 Å². The van der Waals surface area contributed by atoms with E-state index in [1.165, 1.54) is 0 Å². The van der Waals surface area contributed by atoms with Gasteiger partial charge in [-0.15, -0.1) is 0 Å². The van der Waals surface area contributed by atoms with Crippen LogP contribution in [-0.4, -0.2) is 59.9 Å². The summed E-state index contributed by atoms with van der Waals surface area (Å²) < 4.78 is 10.1. The second kappa shape index (κ2) is 8.33. The average Bonchev–Trinajstić information content (AvgIpc) is 2.55. The number of rotatable bonds is 8. The van der Waals surface area contributed by atoms with E-state index in [0.29, 0.717) is 45.0 Å². The van der Waals surface area contributed by atoms with Gasteiger partial charge < -0.3 is 14.6 Å². The van der Waals surface area contributed by atoms with Crippen LogP contribution < -0.4 is 0 Å². The molecule has 0 radical (unpaired) electrons. The summed E-state index contributed by atoms with van der Waals surface area (Å²) >= 11 is 0. The molecule has 7 heteroatoms. The van der Waals surface area contributed by atoms with Crippen LogP contribution in [0.3, 0.4) is 0 Å². The molecular formula is C16H25N3O4. The molecule has 23 heavy (non-hydrogen) atoms. The molecule has 1 aromatic heterocycles. The first-order valence-electron chi connectivity index (χ1n) is 7.83. The number of nitrogens with zero attached hydrogens (tertiary/aromatic N) is 3. The molecular weight excluding hydrogens is 298 g/mol. The van der Waals surface area contributed by atoms with Crippen molar-refractivity contribution >= 4 is 5.97 Å². The Morgan fingerprint density at radius 1 is 1.35 bits per heavy atom. The Kier molecular flexibility index (Phi) is 6.44. The molecule has 128 valence electrons. The van der Waals surface area contributed by atoms with Crippen molar-refractivity contribution in [2.45, 2.75) is 32.4 Å². The van der Waals surface area contributed by atoms with Crippen molar-refractivity contribution in [1.29, 1.82) is 0 Å². The van der Waals surface area contributed by atoms with Crippen LogP contribution in [0.2, 0.25) is 0 Å². The van der Waals surface area contributed by atoms with E-state index in [-0.39, 0.29) is 0 Å². The Balaban J connectivity index is 2.00. The highest BCUT2D eigenvalue weighted by molar-refractivity contribution is 5.75. The van der Waals surface area contributed by atoms with E-state index in [9.17, 15) is 9.90 Å². The lowest BCUT2D eigenvalue weighted by Crippen LogP contribution is -2.48. The number of ether oxygens (including phenoxy) is 2. The van der Waals surface area contributed by atoms with Gasteiger partial charge in [-0.2, -0.15) is 0 Å². The van der Waals surface area contributed by atoms with E-state index < -0.39 is 11.4 Å². The lowest BCUT2D eigenvalue weighted by molar-refractivity contribution is -0.154. The SMILES string of the molecule is COCCC1(C(=O)O)CCCN(Cc2cnc(COC)nc2)C1. The summed E-state index contributed by atoms with van der Waals surface area (Å²) in [6, 6.07) is 0. The van der Waals surface area contributed by atoms with E-state index in [1.807, 2.05) is 0 Å². The Hall–Kier alpha value is -1.57. The first-order chi connectivity index (χ1) is 11.1. The van der Waals surface area contributed by atoms with Gasteiger partial charge in [0.05, 0.1) is 5.41 Å². The second-order valence-electron chi connectivity index (χ2n) is 6.08. The molecule has 0 saturated carbocycles. The standard InChI is InChI=1S/C16H25N3O4/c1-22-7-5-16(15(20)21)4-3-6-19(12-16)10-13-8-17-14(11-23-2)18-9-13/h8-9H,3-7,10-12H2,1-2H3,(H,20,21). The summed E-state index contributed by atoms with van der Waals surface area (Å²) in [5.41, 5.74) is 0.267. The van der Waals surface area contributed by atoms with Crippen LogP contribution in [0, 0.1) is 5.41 Å². The average molecular weight is 323 g/mol. The predicted molar refractivity (Wildman–Crippen MR) is 83.8 cm³/mol. The third kappa shape index (κ3) is 4.70. The van der Waals surface area contributed by atoms with Gasteiger partial charge in [0.1, 0.15) is 6.61 Å². The molecule has 2 heterocycles. The number of likely N-dealkylation sites (tertiary alicyclic amines) is 1. The van der Waals surface area contributed by atoms with E-state index in [4.69, 9.17) is 9.47 Å². The third-order valence-corrected chi connectivity index (χ3v) is 4.33. The molecule has 7 nitrogen and oxygen atoms in total. The highest BCUT2D eigenvalue weighted by atomic mass is 16.5.